The molecule has 2 amide bonds. The van der Waals surface area contributed by atoms with Crippen LogP contribution in [0.4, 0.5) is 10.5 Å². The molecule has 1 aromatic heterocycles. The minimum atomic E-state index is -0.206. The van der Waals surface area contributed by atoms with Crippen LogP contribution in [0, 0.1) is 27.7 Å². The van der Waals surface area contributed by atoms with E-state index < -0.39 is 0 Å². The number of carbonyl (C=O) groups is 1. The van der Waals surface area contributed by atoms with Gasteiger partial charge in [-0.2, -0.15) is 0 Å². The van der Waals surface area contributed by atoms with Crippen LogP contribution >= 0.6 is 11.3 Å². The van der Waals surface area contributed by atoms with E-state index in [1.807, 2.05) is 45.0 Å². The van der Waals surface area contributed by atoms with Crippen LogP contribution in [0.25, 0.3) is 10.6 Å². The molecule has 0 bridgehead atoms. The molecule has 0 saturated heterocycles. The van der Waals surface area contributed by atoms with Gasteiger partial charge in [0.1, 0.15) is 5.01 Å². The number of aryl methyl sites for hydroxylation is 4. The van der Waals surface area contributed by atoms with E-state index in [0.29, 0.717) is 6.54 Å². The predicted molar refractivity (Wildman–Crippen MR) is 109 cm³/mol. The molecular weight excluding hydrogens is 342 g/mol. The molecule has 0 aliphatic carbocycles. The van der Waals surface area contributed by atoms with Crippen molar-refractivity contribution in [3.8, 4) is 10.6 Å². The van der Waals surface area contributed by atoms with Gasteiger partial charge in [0.25, 0.3) is 0 Å². The maximum atomic E-state index is 12.2. The van der Waals surface area contributed by atoms with Gasteiger partial charge < -0.3 is 10.6 Å². The maximum Gasteiger partial charge on any atom is 0.319 e. The Hall–Kier alpha value is -2.66. The first-order valence-corrected chi connectivity index (χ1v) is 9.40. The van der Waals surface area contributed by atoms with Gasteiger partial charge >= 0.3 is 6.03 Å². The first-order chi connectivity index (χ1) is 12.4. The van der Waals surface area contributed by atoms with Crippen LogP contribution in [-0.2, 0) is 6.54 Å². The third kappa shape index (κ3) is 4.11. The van der Waals surface area contributed by atoms with Crippen molar-refractivity contribution in [2.45, 2.75) is 34.2 Å². The van der Waals surface area contributed by atoms with E-state index in [2.05, 4.69) is 40.7 Å². The van der Waals surface area contributed by atoms with Crippen LogP contribution in [-0.4, -0.2) is 11.0 Å². The Morgan fingerprint density at radius 3 is 2.54 bits per heavy atom. The second-order valence-corrected chi connectivity index (χ2v) is 7.55. The Labute approximate surface area is 158 Å². The molecule has 0 aliphatic rings. The van der Waals surface area contributed by atoms with Gasteiger partial charge in [0.2, 0.25) is 0 Å². The first kappa shape index (κ1) is 18.1. The molecule has 5 heteroatoms. The number of amides is 2. The van der Waals surface area contributed by atoms with Crippen LogP contribution in [0.2, 0.25) is 0 Å². The molecule has 3 aromatic rings. The summed E-state index contributed by atoms with van der Waals surface area (Å²) in [4.78, 5) is 18.0. The highest BCUT2D eigenvalue weighted by Gasteiger charge is 2.12. The molecule has 1 heterocycles. The van der Waals surface area contributed by atoms with E-state index in [-0.39, 0.29) is 6.03 Å². The highest BCUT2D eigenvalue weighted by Crippen LogP contribution is 2.30. The Kier molecular flexibility index (Phi) is 5.38. The summed E-state index contributed by atoms with van der Waals surface area (Å²) >= 11 is 1.63. The minimum Gasteiger partial charge on any atom is -0.333 e. The van der Waals surface area contributed by atoms with Crippen molar-refractivity contribution in [1.29, 1.82) is 0 Å². The third-order valence-corrected chi connectivity index (χ3v) is 5.50. The molecule has 0 unspecified atom stereocenters. The number of thiazole rings is 1. The van der Waals surface area contributed by atoms with Gasteiger partial charge in [-0.1, -0.05) is 42.0 Å². The summed E-state index contributed by atoms with van der Waals surface area (Å²) < 4.78 is 0. The SMILES string of the molecule is Cc1ccc(NC(=O)NCc2sc(-c3ccccc3C)nc2C)c(C)c1. The number of carbonyl (C=O) groups excluding carboxylic acids is 1. The summed E-state index contributed by atoms with van der Waals surface area (Å²) in [7, 11) is 0. The lowest BCUT2D eigenvalue weighted by molar-refractivity contribution is 0.252. The van der Waals surface area contributed by atoms with Crippen LogP contribution in [0.15, 0.2) is 42.5 Å². The van der Waals surface area contributed by atoms with Crippen molar-refractivity contribution >= 4 is 23.1 Å². The number of rotatable bonds is 4. The number of benzene rings is 2. The number of urea groups is 1. The summed E-state index contributed by atoms with van der Waals surface area (Å²) in [6.45, 7) is 8.56. The van der Waals surface area contributed by atoms with Crippen molar-refractivity contribution in [2.24, 2.45) is 0 Å². The van der Waals surface area contributed by atoms with Crippen LogP contribution in [0.3, 0.4) is 0 Å². The maximum absolute atomic E-state index is 12.2. The lowest BCUT2D eigenvalue weighted by atomic mass is 10.1. The molecule has 134 valence electrons. The zero-order chi connectivity index (χ0) is 18.7. The summed E-state index contributed by atoms with van der Waals surface area (Å²) in [5.41, 5.74) is 6.36. The molecular formula is C21H23N3OS. The van der Waals surface area contributed by atoms with E-state index in [1.165, 1.54) is 11.1 Å². The predicted octanol–water partition coefficient (Wildman–Crippen LogP) is 5.37. The number of aromatic nitrogens is 1. The number of anilines is 1. The van der Waals surface area contributed by atoms with Crippen molar-refractivity contribution < 1.29 is 4.79 Å². The number of nitrogens with zero attached hydrogens (tertiary/aromatic N) is 1. The number of hydrogen-bond donors (Lipinski definition) is 2. The fourth-order valence-electron chi connectivity index (χ4n) is 2.80. The average molecular weight is 366 g/mol. The zero-order valence-electron chi connectivity index (χ0n) is 15.5. The lowest BCUT2D eigenvalue weighted by Crippen LogP contribution is -2.28. The van der Waals surface area contributed by atoms with E-state index >= 15 is 0 Å². The summed E-state index contributed by atoms with van der Waals surface area (Å²) in [5.74, 6) is 0. The lowest BCUT2D eigenvalue weighted by Gasteiger charge is -2.10. The third-order valence-electron chi connectivity index (χ3n) is 4.31. The Balaban J connectivity index is 1.66. The molecule has 2 aromatic carbocycles. The van der Waals surface area contributed by atoms with E-state index in [9.17, 15) is 4.79 Å². The summed E-state index contributed by atoms with van der Waals surface area (Å²) in [6, 6.07) is 14.0. The number of hydrogen-bond acceptors (Lipinski definition) is 3. The van der Waals surface area contributed by atoms with Gasteiger partial charge in [-0.05, 0) is 44.9 Å². The van der Waals surface area contributed by atoms with Gasteiger partial charge in [-0.15, -0.1) is 11.3 Å². The average Bonchev–Trinajstić information content (AvgIpc) is 2.96. The summed E-state index contributed by atoms with van der Waals surface area (Å²) in [6.07, 6.45) is 0. The zero-order valence-corrected chi connectivity index (χ0v) is 16.3. The first-order valence-electron chi connectivity index (χ1n) is 8.58. The van der Waals surface area contributed by atoms with Crippen LogP contribution in [0.1, 0.15) is 27.3 Å². The minimum absolute atomic E-state index is 0.206. The molecule has 4 nitrogen and oxygen atoms in total. The Morgan fingerprint density at radius 1 is 1.04 bits per heavy atom. The van der Waals surface area contributed by atoms with Gasteiger partial charge in [-0.3, -0.25) is 0 Å². The highest BCUT2D eigenvalue weighted by molar-refractivity contribution is 7.15. The summed E-state index contributed by atoms with van der Waals surface area (Å²) in [5, 5.41) is 6.83. The second-order valence-electron chi connectivity index (χ2n) is 6.47. The Morgan fingerprint density at radius 2 is 1.81 bits per heavy atom. The molecule has 0 aliphatic heterocycles. The largest absolute Gasteiger partial charge is 0.333 e. The van der Waals surface area contributed by atoms with Crippen molar-refractivity contribution in [3.63, 3.8) is 0 Å². The molecule has 2 N–H and O–H groups in total. The monoisotopic (exact) mass is 365 g/mol. The van der Waals surface area contributed by atoms with Crippen LogP contribution < -0.4 is 10.6 Å². The second kappa shape index (κ2) is 7.70. The molecule has 0 atom stereocenters. The van der Waals surface area contributed by atoms with Crippen molar-refractivity contribution in [1.82, 2.24) is 10.3 Å². The van der Waals surface area contributed by atoms with E-state index in [1.54, 1.807) is 11.3 Å². The van der Waals surface area contributed by atoms with Gasteiger partial charge in [-0.25, -0.2) is 9.78 Å². The van der Waals surface area contributed by atoms with E-state index in [0.717, 1.165) is 32.4 Å². The van der Waals surface area contributed by atoms with Crippen LogP contribution in [0.5, 0.6) is 0 Å². The van der Waals surface area contributed by atoms with Gasteiger partial charge in [0.05, 0.1) is 12.2 Å². The quantitative estimate of drug-likeness (QED) is 0.653. The number of nitrogens with one attached hydrogen (secondary N) is 2. The highest BCUT2D eigenvalue weighted by atomic mass is 32.1. The Bertz CT molecular complexity index is 946. The van der Waals surface area contributed by atoms with Gasteiger partial charge in [0, 0.05) is 16.1 Å². The smallest absolute Gasteiger partial charge is 0.319 e. The molecule has 0 radical (unpaired) electrons. The standard InChI is InChI=1S/C21H23N3OS/c1-13-9-10-18(15(3)11-13)24-21(25)22-12-19-16(4)23-20(26-19)17-8-6-5-7-14(17)2/h5-11H,12H2,1-4H3,(H2,22,24,25). The molecule has 0 saturated carbocycles. The van der Waals surface area contributed by atoms with E-state index in [4.69, 9.17) is 0 Å². The molecule has 3 rings (SSSR count). The fourth-order valence-corrected chi connectivity index (χ4v) is 3.89. The molecule has 26 heavy (non-hydrogen) atoms. The molecule has 0 spiro atoms. The van der Waals surface area contributed by atoms with Crippen molar-refractivity contribution in [3.05, 3.63) is 69.7 Å². The topological polar surface area (TPSA) is 54.0 Å². The van der Waals surface area contributed by atoms with Crippen molar-refractivity contribution in [2.75, 3.05) is 5.32 Å². The normalized spacial score (nSPS) is 10.6. The fraction of sp³-hybridized carbons (Fsp3) is 0.238. The van der Waals surface area contributed by atoms with Gasteiger partial charge in [0.15, 0.2) is 0 Å². The molecule has 0 fully saturated rings.